The Labute approximate surface area is 169 Å². The van der Waals surface area contributed by atoms with E-state index < -0.39 is 0 Å². The fourth-order valence-corrected chi connectivity index (χ4v) is 3.48. The molecule has 3 aromatic rings. The Kier molecular flexibility index (Phi) is 5.09. The highest BCUT2D eigenvalue weighted by atomic mass is 35.5. The molecular weight excluding hydrogens is 374 g/mol. The molecule has 0 atom stereocenters. The van der Waals surface area contributed by atoms with Gasteiger partial charge in [0.15, 0.2) is 0 Å². The first kappa shape index (κ1) is 18.6. The quantitative estimate of drug-likeness (QED) is 0.608. The molecular formula is C22H22ClN3O2. The van der Waals surface area contributed by atoms with Crippen molar-refractivity contribution in [3.8, 4) is 11.4 Å². The zero-order chi connectivity index (χ0) is 19.7. The van der Waals surface area contributed by atoms with E-state index in [1.807, 2.05) is 48.5 Å². The number of halogens is 1. The van der Waals surface area contributed by atoms with Crippen LogP contribution < -0.4 is 4.74 Å². The van der Waals surface area contributed by atoms with Gasteiger partial charge in [-0.1, -0.05) is 29.8 Å². The predicted octanol–water partition coefficient (Wildman–Crippen LogP) is 4.68. The number of rotatable bonds is 6. The van der Waals surface area contributed by atoms with Crippen molar-refractivity contribution in [2.24, 2.45) is 0 Å². The van der Waals surface area contributed by atoms with Crippen LogP contribution in [0.2, 0.25) is 5.02 Å². The van der Waals surface area contributed by atoms with Crippen molar-refractivity contribution in [2.75, 3.05) is 14.2 Å². The van der Waals surface area contributed by atoms with E-state index in [9.17, 15) is 4.79 Å². The van der Waals surface area contributed by atoms with E-state index in [4.69, 9.17) is 21.4 Å². The molecule has 28 heavy (non-hydrogen) atoms. The molecule has 0 saturated heterocycles. The van der Waals surface area contributed by atoms with Crippen LogP contribution in [-0.2, 0) is 6.54 Å². The van der Waals surface area contributed by atoms with Gasteiger partial charge in [-0.2, -0.15) is 5.10 Å². The Bertz CT molecular complexity index is 996. The summed E-state index contributed by atoms with van der Waals surface area (Å²) in [5.41, 5.74) is 3.29. The summed E-state index contributed by atoms with van der Waals surface area (Å²) in [6, 6.07) is 17.1. The van der Waals surface area contributed by atoms with Gasteiger partial charge in [-0.3, -0.25) is 4.79 Å². The van der Waals surface area contributed by atoms with Gasteiger partial charge in [-0.25, -0.2) is 4.68 Å². The molecule has 0 aliphatic heterocycles. The number of carbonyl (C=O) groups is 1. The van der Waals surface area contributed by atoms with Gasteiger partial charge in [-0.15, -0.1) is 0 Å². The topological polar surface area (TPSA) is 47.4 Å². The molecule has 1 aliphatic carbocycles. The van der Waals surface area contributed by atoms with Crippen LogP contribution in [0.4, 0.5) is 0 Å². The Morgan fingerprint density at radius 2 is 1.96 bits per heavy atom. The molecule has 0 spiro atoms. The molecule has 1 aromatic heterocycles. The van der Waals surface area contributed by atoms with Crippen LogP contribution in [0.25, 0.3) is 5.69 Å². The number of para-hydroxylation sites is 1. The van der Waals surface area contributed by atoms with Gasteiger partial charge >= 0.3 is 0 Å². The molecule has 5 nitrogen and oxygen atoms in total. The number of hydrogen-bond donors (Lipinski definition) is 0. The number of ether oxygens (including phenoxy) is 1. The molecule has 1 saturated carbocycles. The van der Waals surface area contributed by atoms with Crippen LogP contribution in [0.1, 0.15) is 40.5 Å². The second-order valence-electron chi connectivity index (χ2n) is 7.09. The molecule has 0 bridgehead atoms. The van der Waals surface area contributed by atoms with Crippen molar-refractivity contribution < 1.29 is 9.53 Å². The number of benzene rings is 2. The summed E-state index contributed by atoms with van der Waals surface area (Å²) in [6.45, 7) is 0.390. The highest BCUT2D eigenvalue weighted by Gasteiger charge is 2.30. The fourth-order valence-electron chi connectivity index (χ4n) is 3.29. The number of amides is 1. The van der Waals surface area contributed by atoms with Gasteiger partial charge in [-0.05, 0) is 49.2 Å². The van der Waals surface area contributed by atoms with Crippen molar-refractivity contribution in [1.29, 1.82) is 0 Å². The van der Waals surface area contributed by atoms with Crippen LogP contribution in [0.5, 0.6) is 5.75 Å². The summed E-state index contributed by atoms with van der Waals surface area (Å²) in [5, 5.41) is 5.34. The van der Waals surface area contributed by atoms with Crippen molar-refractivity contribution in [3.05, 3.63) is 76.6 Å². The van der Waals surface area contributed by atoms with Crippen molar-refractivity contribution in [3.63, 3.8) is 0 Å². The number of hydrogen-bond acceptors (Lipinski definition) is 3. The van der Waals surface area contributed by atoms with Gasteiger partial charge in [0, 0.05) is 30.1 Å². The van der Waals surface area contributed by atoms with Crippen LogP contribution in [0.3, 0.4) is 0 Å². The number of methoxy groups -OCH3 is 1. The summed E-state index contributed by atoms with van der Waals surface area (Å²) in [6.07, 6.45) is 2.27. The van der Waals surface area contributed by atoms with E-state index >= 15 is 0 Å². The minimum atomic E-state index is -0.0923. The van der Waals surface area contributed by atoms with Gasteiger partial charge in [0.2, 0.25) is 0 Å². The average Bonchev–Trinajstić information content (AvgIpc) is 3.47. The maximum atomic E-state index is 13.3. The van der Waals surface area contributed by atoms with E-state index in [0.29, 0.717) is 28.9 Å². The van der Waals surface area contributed by atoms with E-state index in [0.717, 1.165) is 29.8 Å². The zero-order valence-electron chi connectivity index (χ0n) is 15.9. The van der Waals surface area contributed by atoms with E-state index in [2.05, 4.69) is 0 Å². The van der Waals surface area contributed by atoms with Gasteiger partial charge < -0.3 is 9.64 Å². The van der Waals surface area contributed by atoms with Crippen molar-refractivity contribution in [2.45, 2.75) is 25.3 Å². The Balaban J connectivity index is 1.65. The Morgan fingerprint density at radius 3 is 2.64 bits per heavy atom. The maximum absolute atomic E-state index is 13.3. The monoisotopic (exact) mass is 395 g/mol. The summed E-state index contributed by atoms with van der Waals surface area (Å²) >= 11 is 6.13. The molecule has 4 rings (SSSR count). The normalized spacial score (nSPS) is 13.4. The van der Waals surface area contributed by atoms with Gasteiger partial charge in [0.25, 0.3) is 5.91 Å². The first-order chi connectivity index (χ1) is 13.6. The first-order valence-corrected chi connectivity index (χ1v) is 9.68. The lowest BCUT2D eigenvalue weighted by Gasteiger charge is -2.19. The smallest absolute Gasteiger partial charge is 0.272 e. The lowest BCUT2D eigenvalue weighted by Crippen LogP contribution is -2.28. The predicted molar refractivity (Wildman–Crippen MR) is 109 cm³/mol. The minimum absolute atomic E-state index is 0.0923. The SMILES string of the molecule is COc1ccc(Cl)cc1CN(C)C(=O)c1cc(C2CC2)nn1-c1ccccc1. The molecule has 1 amide bonds. The lowest BCUT2D eigenvalue weighted by atomic mass is 10.2. The van der Waals surface area contributed by atoms with Crippen molar-refractivity contribution in [1.82, 2.24) is 14.7 Å². The molecule has 0 N–H and O–H groups in total. The van der Waals surface area contributed by atoms with E-state index in [1.165, 1.54) is 0 Å². The molecule has 1 aliphatic rings. The Hall–Kier alpha value is -2.79. The molecule has 1 fully saturated rings. The van der Waals surface area contributed by atoms with Crippen LogP contribution in [-0.4, -0.2) is 34.7 Å². The van der Waals surface area contributed by atoms with Crippen molar-refractivity contribution >= 4 is 17.5 Å². The third-order valence-corrected chi connectivity index (χ3v) is 5.18. The summed E-state index contributed by atoms with van der Waals surface area (Å²) in [7, 11) is 3.39. The van der Waals surface area contributed by atoms with Crippen LogP contribution in [0.15, 0.2) is 54.6 Å². The van der Waals surface area contributed by atoms with Crippen LogP contribution >= 0.6 is 11.6 Å². The first-order valence-electron chi connectivity index (χ1n) is 9.30. The number of nitrogens with zero attached hydrogens (tertiary/aromatic N) is 3. The molecule has 0 unspecified atom stereocenters. The second kappa shape index (κ2) is 7.68. The largest absolute Gasteiger partial charge is 0.496 e. The number of carbonyl (C=O) groups excluding carboxylic acids is 1. The molecule has 1 heterocycles. The highest BCUT2D eigenvalue weighted by Crippen LogP contribution is 2.40. The fraction of sp³-hybridized carbons (Fsp3) is 0.273. The third-order valence-electron chi connectivity index (χ3n) is 4.94. The molecule has 0 radical (unpaired) electrons. The summed E-state index contributed by atoms with van der Waals surface area (Å²) in [4.78, 5) is 14.9. The summed E-state index contributed by atoms with van der Waals surface area (Å²) < 4.78 is 7.16. The van der Waals surface area contributed by atoms with E-state index in [1.54, 1.807) is 29.8 Å². The maximum Gasteiger partial charge on any atom is 0.272 e. The third kappa shape index (κ3) is 3.76. The molecule has 2 aromatic carbocycles. The Morgan fingerprint density at radius 1 is 1.21 bits per heavy atom. The minimum Gasteiger partial charge on any atom is -0.496 e. The lowest BCUT2D eigenvalue weighted by molar-refractivity contribution is 0.0775. The number of aromatic nitrogens is 2. The highest BCUT2D eigenvalue weighted by molar-refractivity contribution is 6.30. The molecule has 6 heteroatoms. The van der Waals surface area contributed by atoms with Gasteiger partial charge in [0.1, 0.15) is 11.4 Å². The van der Waals surface area contributed by atoms with Crippen LogP contribution in [0, 0.1) is 0 Å². The standard InChI is InChI=1S/C22H22ClN3O2/c1-25(14-16-12-17(23)10-11-21(16)28-2)22(27)20-13-19(15-8-9-15)24-26(20)18-6-4-3-5-7-18/h3-7,10-13,15H,8-9,14H2,1-2H3. The van der Waals surface area contributed by atoms with Gasteiger partial charge in [0.05, 0.1) is 18.5 Å². The second-order valence-corrected chi connectivity index (χ2v) is 7.53. The molecule has 144 valence electrons. The van der Waals surface area contributed by atoms with E-state index in [-0.39, 0.29) is 5.91 Å². The average molecular weight is 396 g/mol. The summed E-state index contributed by atoms with van der Waals surface area (Å²) in [5.74, 6) is 1.08. The zero-order valence-corrected chi connectivity index (χ0v) is 16.7.